The molecule has 3 atom stereocenters. The van der Waals surface area contributed by atoms with E-state index in [2.05, 4.69) is 5.32 Å². The molecule has 1 aliphatic carbocycles. The molecule has 0 bridgehead atoms. The molecule has 20 heavy (non-hydrogen) atoms. The van der Waals surface area contributed by atoms with Gasteiger partial charge >= 0.3 is 5.97 Å². The number of ether oxygens (including phenoxy) is 1. The number of hydrogen-bond donors (Lipinski definition) is 1. The zero-order chi connectivity index (χ0) is 15.1. The van der Waals surface area contributed by atoms with Gasteiger partial charge in [-0.05, 0) is 33.6 Å². The van der Waals surface area contributed by atoms with Crippen LogP contribution in [-0.4, -0.2) is 47.9 Å². The first-order chi connectivity index (χ1) is 9.30. The Balaban J connectivity index is 2.00. The summed E-state index contributed by atoms with van der Waals surface area (Å²) in [7, 11) is 1.34. The van der Waals surface area contributed by atoms with Gasteiger partial charge in [-0.1, -0.05) is 0 Å². The Hall–Kier alpha value is -1.43. The molecule has 112 valence electrons. The van der Waals surface area contributed by atoms with Crippen LogP contribution in [0, 0.1) is 11.8 Å². The fraction of sp³-hybridized carbons (Fsp3) is 0.786. The van der Waals surface area contributed by atoms with E-state index in [0.29, 0.717) is 12.8 Å². The number of carbonyl (C=O) groups excluding carboxylic acids is 3. The minimum Gasteiger partial charge on any atom is -0.468 e. The quantitative estimate of drug-likeness (QED) is 0.560. The normalized spacial score (nSPS) is 27.6. The van der Waals surface area contributed by atoms with Crippen LogP contribution in [0.2, 0.25) is 0 Å². The number of methoxy groups -OCH3 is 1. The molecular weight excluding hydrogens is 260 g/mol. The molecule has 0 spiro atoms. The standard InChI is InChI=1S/C14H22N2O4/c1-8(2)15-14(3,13(19)20-4)5-6-16-11(17)9-7-10(9)12(16)18/h8-10,15H,5-7H2,1-4H3. The summed E-state index contributed by atoms with van der Waals surface area (Å²) in [6, 6.07) is 0.0949. The first-order valence-electron chi connectivity index (χ1n) is 7.01. The predicted octanol–water partition coefficient (Wildman–Crippen LogP) is 0.311. The molecule has 1 aliphatic heterocycles. The number of esters is 1. The van der Waals surface area contributed by atoms with Crippen molar-refractivity contribution in [3.63, 3.8) is 0 Å². The molecule has 2 aliphatic rings. The third-order valence-electron chi connectivity index (χ3n) is 4.04. The first-order valence-corrected chi connectivity index (χ1v) is 7.01. The highest BCUT2D eigenvalue weighted by Gasteiger charge is 2.58. The molecule has 1 heterocycles. The van der Waals surface area contributed by atoms with Gasteiger partial charge in [-0.2, -0.15) is 0 Å². The highest BCUT2D eigenvalue weighted by Crippen LogP contribution is 2.47. The summed E-state index contributed by atoms with van der Waals surface area (Å²) in [4.78, 5) is 37.0. The maximum absolute atomic E-state index is 11.9. The van der Waals surface area contributed by atoms with Crippen molar-refractivity contribution in [2.24, 2.45) is 11.8 Å². The topological polar surface area (TPSA) is 75.7 Å². The van der Waals surface area contributed by atoms with Gasteiger partial charge in [-0.15, -0.1) is 0 Å². The van der Waals surface area contributed by atoms with Gasteiger partial charge in [0.2, 0.25) is 11.8 Å². The fourth-order valence-electron chi connectivity index (χ4n) is 2.90. The molecular formula is C14H22N2O4. The average molecular weight is 282 g/mol. The third-order valence-corrected chi connectivity index (χ3v) is 4.04. The Morgan fingerprint density at radius 2 is 1.95 bits per heavy atom. The van der Waals surface area contributed by atoms with Crippen LogP contribution < -0.4 is 5.32 Å². The van der Waals surface area contributed by atoms with E-state index in [1.165, 1.54) is 12.0 Å². The summed E-state index contributed by atoms with van der Waals surface area (Å²) >= 11 is 0. The number of fused-ring (bicyclic) bond motifs is 1. The number of likely N-dealkylation sites (tertiary alicyclic amines) is 1. The second-order valence-corrected chi connectivity index (χ2v) is 6.15. The molecule has 1 N–H and O–H groups in total. The van der Waals surface area contributed by atoms with Crippen LogP contribution in [0.1, 0.15) is 33.6 Å². The van der Waals surface area contributed by atoms with Crippen molar-refractivity contribution in [2.45, 2.75) is 45.2 Å². The highest BCUT2D eigenvalue weighted by molar-refractivity contribution is 6.08. The molecule has 6 nitrogen and oxygen atoms in total. The Morgan fingerprint density at radius 3 is 2.40 bits per heavy atom. The predicted molar refractivity (Wildman–Crippen MR) is 71.6 cm³/mol. The van der Waals surface area contributed by atoms with Crippen molar-refractivity contribution in [3.05, 3.63) is 0 Å². The van der Waals surface area contributed by atoms with Gasteiger partial charge in [-0.25, -0.2) is 0 Å². The van der Waals surface area contributed by atoms with Gasteiger partial charge in [0.05, 0.1) is 18.9 Å². The van der Waals surface area contributed by atoms with Gasteiger partial charge in [0, 0.05) is 12.6 Å². The van der Waals surface area contributed by atoms with Crippen LogP contribution in [-0.2, 0) is 19.1 Å². The summed E-state index contributed by atoms with van der Waals surface area (Å²) in [5.41, 5.74) is -0.893. The van der Waals surface area contributed by atoms with E-state index in [4.69, 9.17) is 4.74 Å². The number of nitrogens with zero attached hydrogens (tertiary/aromatic N) is 1. The molecule has 3 unspecified atom stereocenters. The van der Waals surface area contributed by atoms with Crippen LogP contribution in [0.5, 0.6) is 0 Å². The molecule has 0 aromatic heterocycles. The average Bonchev–Trinajstić information content (AvgIpc) is 3.12. The van der Waals surface area contributed by atoms with Gasteiger partial charge in [-0.3, -0.25) is 24.6 Å². The van der Waals surface area contributed by atoms with Gasteiger partial charge < -0.3 is 4.74 Å². The number of imide groups is 1. The summed E-state index contributed by atoms with van der Waals surface area (Å²) in [6.45, 7) is 5.87. The Morgan fingerprint density at radius 1 is 1.40 bits per heavy atom. The van der Waals surface area contributed by atoms with Crippen LogP contribution in [0.15, 0.2) is 0 Å². The summed E-state index contributed by atoms with van der Waals surface area (Å²) in [6.07, 6.45) is 1.06. The smallest absolute Gasteiger partial charge is 0.325 e. The molecule has 2 rings (SSSR count). The van der Waals surface area contributed by atoms with Gasteiger partial charge in [0.15, 0.2) is 0 Å². The second kappa shape index (κ2) is 5.16. The minimum atomic E-state index is -0.893. The molecule has 1 saturated carbocycles. The number of piperidine rings is 1. The van der Waals surface area contributed by atoms with Crippen molar-refractivity contribution in [2.75, 3.05) is 13.7 Å². The zero-order valence-electron chi connectivity index (χ0n) is 12.4. The van der Waals surface area contributed by atoms with Crippen LogP contribution in [0.4, 0.5) is 0 Å². The lowest BCUT2D eigenvalue weighted by molar-refractivity contribution is -0.150. The Labute approximate surface area is 118 Å². The molecule has 0 aromatic rings. The van der Waals surface area contributed by atoms with E-state index in [-0.39, 0.29) is 42.2 Å². The molecule has 2 amide bonds. The fourth-order valence-corrected chi connectivity index (χ4v) is 2.90. The minimum absolute atomic E-state index is 0.0863. The Bertz CT molecular complexity index is 428. The lowest BCUT2D eigenvalue weighted by atomic mass is 9.96. The van der Waals surface area contributed by atoms with E-state index in [9.17, 15) is 14.4 Å². The molecule has 0 radical (unpaired) electrons. The van der Waals surface area contributed by atoms with Crippen molar-refractivity contribution < 1.29 is 19.1 Å². The lowest BCUT2D eigenvalue weighted by Crippen LogP contribution is -2.54. The number of hydrogen-bond acceptors (Lipinski definition) is 5. The van der Waals surface area contributed by atoms with E-state index >= 15 is 0 Å². The Kier molecular flexibility index (Phi) is 3.86. The largest absolute Gasteiger partial charge is 0.468 e. The molecule has 0 aromatic carbocycles. The van der Waals surface area contributed by atoms with Crippen molar-refractivity contribution in [1.82, 2.24) is 10.2 Å². The summed E-state index contributed by atoms with van der Waals surface area (Å²) in [5, 5.41) is 3.16. The zero-order valence-corrected chi connectivity index (χ0v) is 12.4. The number of rotatable bonds is 6. The van der Waals surface area contributed by atoms with Crippen LogP contribution >= 0.6 is 0 Å². The summed E-state index contributed by atoms with van der Waals surface area (Å²) < 4.78 is 4.83. The second-order valence-electron chi connectivity index (χ2n) is 6.15. The maximum Gasteiger partial charge on any atom is 0.325 e. The van der Waals surface area contributed by atoms with Crippen LogP contribution in [0.3, 0.4) is 0 Å². The number of nitrogens with one attached hydrogen (secondary N) is 1. The van der Waals surface area contributed by atoms with E-state index in [0.717, 1.165) is 0 Å². The number of carbonyl (C=O) groups is 3. The van der Waals surface area contributed by atoms with E-state index in [1.54, 1.807) is 6.92 Å². The van der Waals surface area contributed by atoms with E-state index < -0.39 is 5.54 Å². The SMILES string of the molecule is COC(=O)C(C)(CCN1C(=O)C2CC2C1=O)NC(C)C. The lowest BCUT2D eigenvalue weighted by Gasteiger charge is -2.31. The maximum atomic E-state index is 11.9. The van der Waals surface area contributed by atoms with Gasteiger partial charge in [0.1, 0.15) is 5.54 Å². The highest BCUT2D eigenvalue weighted by atomic mass is 16.5. The number of amides is 2. The van der Waals surface area contributed by atoms with Gasteiger partial charge in [0.25, 0.3) is 0 Å². The van der Waals surface area contributed by atoms with Crippen molar-refractivity contribution in [3.8, 4) is 0 Å². The van der Waals surface area contributed by atoms with Crippen molar-refractivity contribution >= 4 is 17.8 Å². The van der Waals surface area contributed by atoms with Crippen molar-refractivity contribution in [1.29, 1.82) is 0 Å². The van der Waals surface area contributed by atoms with Crippen LogP contribution in [0.25, 0.3) is 0 Å². The molecule has 1 saturated heterocycles. The molecule has 6 heteroatoms. The summed E-state index contributed by atoms with van der Waals surface area (Å²) in [5.74, 6) is -0.737. The monoisotopic (exact) mass is 282 g/mol. The first kappa shape index (κ1) is 15.0. The third kappa shape index (κ3) is 2.57. The molecule has 2 fully saturated rings. The van der Waals surface area contributed by atoms with E-state index in [1.807, 2.05) is 13.8 Å².